The monoisotopic (exact) mass is 274 g/mol. The number of nitriles is 1. The number of aliphatic carboxylic acids is 1. The molecule has 0 amide bonds. The summed E-state index contributed by atoms with van der Waals surface area (Å²) in [5.74, 6) is -0.118. The molecule has 20 heavy (non-hydrogen) atoms. The maximum absolute atomic E-state index is 11.5. The van der Waals surface area contributed by atoms with Crippen molar-refractivity contribution in [1.82, 2.24) is 10.2 Å². The van der Waals surface area contributed by atoms with E-state index in [0.717, 1.165) is 12.0 Å². The molecule has 0 aromatic carbocycles. The van der Waals surface area contributed by atoms with Crippen LogP contribution in [0.3, 0.4) is 0 Å². The van der Waals surface area contributed by atoms with Crippen molar-refractivity contribution in [1.29, 1.82) is 5.26 Å². The molecule has 1 aliphatic heterocycles. The van der Waals surface area contributed by atoms with E-state index in [1.807, 2.05) is 13.8 Å². The van der Waals surface area contributed by atoms with Gasteiger partial charge in [-0.1, -0.05) is 6.92 Å². The summed E-state index contributed by atoms with van der Waals surface area (Å²) >= 11 is 0. The van der Waals surface area contributed by atoms with Crippen LogP contribution in [0.5, 0.6) is 0 Å². The second-order valence-electron chi connectivity index (χ2n) is 5.40. The van der Waals surface area contributed by atoms with E-state index in [1.54, 1.807) is 11.8 Å². The van der Waals surface area contributed by atoms with Crippen molar-refractivity contribution in [2.45, 2.75) is 39.7 Å². The summed E-state index contributed by atoms with van der Waals surface area (Å²) < 4.78 is 0. The Kier molecular flexibility index (Phi) is 3.89. The van der Waals surface area contributed by atoms with Crippen molar-refractivity contribution < 1.29 is 9.90 Å². The van der Waals surface area contributed by atoms with Crippen LogP contribution >= 0.6 is 0 Å². The molecule has 6 heteroatoms. The lowest BCUT2D eigenvalue weighted by atomic mass is 9.92. The van der Waals surface area contributed by atoms with Crippen molar-refractivity contribution in [3.05, 3.63) is 16.8 Å². The van der Waals surface area contributed by atoms with Crippen molar-refractivity contribution in [3.63, 3.8) is 0 Å². The number of anilines is 1. The Morgan fingerprint density at radius 3 is 2.75 bits per heavy atom. The topological polar surface area (TPSA) is 90.1 Å². The van der Waals surface area contributed by atoms with Crippen LogP contribution in [0, 0.1) is 31.1 Å². The molecule has 1 N–H and O–H groups in total. The van der Waals surface area contributed by atoms with Gasteiger partial charge in [-0.2, -0.15) is 10.4 Å². The standard InChI is InChI=1S/C14H18N4O2/c1-8-4-5-18(12(6-8)14(19)20)13-11(7-15)9(2)10(3)16-17-13/h8,12H,4-6H2,1-3H3,(H,19,20). The summed E-state index contributed by atoms with van der Waals surface area (Å²) in [5.41, 5.74) is 1.89. The predicted octanol–water partition coefficient (Wildman–Crippen LogP) is 1.65. The van der Waals surface area contributed by atoms with Crippen LogP contribution in [-0.2, 0) is 4.79 Å². The molecule has 106 valence electrons. The van der Waals surface area contributed by atoms with Crippen molar-refractivity contribution in [3.8, 4) is 6.07 Å². The summed E-state index contributed by atoms with van der Waals surface area (Å²) in [6, 6.07) is 1.50. The summed E-state index contributed by atoms with van der Waals surface area (Å²) in [6.07, 6.45) is 1.46. The Morgan fingerprint density at radius 2 is 2.15 bits per heavy atom. The number of nitrogens with zero attached hydrogens (tertiary/aromatic N) is 4. The molecule has 2 unspecified atom stereocenters. The van der Waals surface area contributed by atoms with Gasteiger partial charge in [-0.3, -0.25) is 0 Å². The van der Waals surface area contributed by atoms with Gasteiger partial charge in [-0.25, -0.2) is 4.79 Å². The van der Waals surface area contributed by atoms with Crippen molar-refractivity contribution in [2.75, 3.05) is 11.4 Å². The van der Waals surface area contributed by atoms with Crippen LogP contribution in [0.4, 0.5) is 5.82 Å². The van der Waals surface area contributed by atoms with E-state index in [-0.39, 0.29) is 0 Å². The van der Waals surface area contributed by atoms with Crippen LogP contribution in [0.15, 0.2) is 0 Å². The molecule has 0 spiro atoms. The number of carbonyl (C=O) groups is 1. The highest BCUT2D eigenvalue weighted by Crippen LogP contribution is 2.30. The Bertz CT molecular complexity index is 579. The maximum Gasteiger partial charge on any atom is 0.326 e. The predicted molar refractivity (Wildman–Crippen MR) is 73.4 cm³/mol. The van der Waals surface area contributed by atoms with Gasteiger partial charge in [0.05, 0.1) is 5.69 Å². The van der Waals surface area contributed by atoms with E-state index in [1.165, 1.54) is 0 Å². The number of aryl methyl sites for hydroxylation is 1. The number of hydrogen-bond donors (Lipinski definition) is 1. The largest absolute Gasteiger partial charge is 0.480 e. The first-order valence-electron chi connectivity index (χ1n) is 6.69. The van der Waals surface area contributed by atoms with Gasteiger partial charge >= 0.3 is 5.97 Å². The number of hydrogen-bond acceptors (Lipinski definition) is 5. The molecule has 2 rings (SSSR count). The van der Waals surface area contributed by atoms with Crippen molar-refractivity contribution >= 4 is 11.8 Å². The zero-order valence-corrected chi connectivity index (χ0v) is 11.9. The third-order valence-corrected chi connectivity index (χ3v) is 3.97. The fourth-order valence-electron chi connectivity index (χ4n) is 2.56. The summed E-state index contributed by atoms with van der Waals surface area (Å²) in [4.78, 5) is 13.2. The summed E-state index contributed by atoms with van der Waals surface area (Å²) in [7, 11) is 0. The highest BCUT2D eigenvalue weighted by atomic mass is 16.4. The van der Waals surface area contributed by atoms with E-state index in [2.05, 4.69) is 16.3 Å². The van der Waals surface area contributed by atoms with Gasteiger partial charge < -0.3 is 10.0 Å². The van der Waals surface area contributed by atoms with Crippen LogP contribution in [0.2, 0.25) is 0 Å². The lowest BCUT2D eigenvalue weighted by Gasteiger charge is -2.37. The Balaban J connectivity index is 2.47. The highest BCUT2D eigenvalue weighted by molar-refractivity contribution is 5.79. The SMILES string of the molecule is Cc1nnc(N2CCC(C)CC2C(=O)O)c(C#N)c1C. The zero-order chi connectivity index (χ0) is 14.9. The second kappa shape index (κ2) is 5.45. The van der Waals surface area contributed by atoms with Gasteiger partial charge in [0.2, 0.25) is 0 Å². The lowest BCUT2D eigenvalue weighted by Crippen LogP contribution is -2.47. The molecule has 0 aliphatic carbocycles. The number of piperidine rings is 1. The summed E-state index contributed by atoms with van der Waals surface area (Å²) in [6.45, 7) is 6.24. The minimum absolute atomic E-state index is 0.359. The van der Waals surface area contributed by atoms with Crippen molar-refractivity contribution in [2.24, 2.45) is 5.92 Å². The molecule has 6 nitrogen and oxygen atoms in total. The molecular weight excluding hydrogens is 256 g/mol. The third kappa shape index (κ3) is 2.44. The van der Waals surface area contributed by atoms with E-state index >= 15 is 0 Å². The first-order chi connectivity index (χ1) is 9.45. The molecule has 1 fully saturated rings. The van der Waals surface area contributed by atoms with Crippen LogP contribution in [0.25, 0.3) is 0 Å². The van der Waals surface area contributed by atoms with Gasteiger partial charge in [0.15, 0.2) is 5.82 Å². The highest BCUT2D eigenvalue weighted by Gasteiger charge is 2.34. The van der Waals surface area contributed by atoms with Gasteiger partial charge in [0, 0.05) is 6.54 Å². The molecule has 0 radical (unpaired) electrons. The number of aromatic nitrogens is 2. The molecule has 1 aromatic rings. The van der Waals surface area contributed by atoms with E-state index in [9.17, 15) is 15.2 Å². The fraction of sp³-hybridized carbons (Fsp3) is 0.571. The molecule has 1 aromatic heterocycles. The van der Waals surface area contributed by atoms with Gasteiger partial charge in [-0.15, -0.1) is 5.10 Å². The van der Waals surface area contributed by atoms with Crippen LogP contribution < -0.4 is 4.90 Å². The second-order valence-corrected chi connectivity index (χ2v) is 5.40. The smallest absolute Gasteiger partial charge is 0.326 e. The van der Waals surface area contributed by atoms with E-state index < -0.39 is 12.0 Å². The van der Waals surface area contributed by atoms with Gasteiger partial charge in [0.1, 0.15) is 17.7 Å². The quantitative estimate of drug-likeness (QED) is 0.882. The molecule has 0 saturated carbocycles. The minimum Gasteiger partial charge on any atom is -0.480 e. The van der Waals surface area contributed by atoms with Gasteiger partial charge in [-0.05, 0) is 38.2 Å². The maximum atomic E-state index is 11.5. The number of rotatable bonds is 2. The minimum atomic E-state index is -0.875. The average molecular weight is 274 g/mol. The molecule has 1 aliphatic rings. The molecule has 2 atom stereocenters. The molecular formula is C14H18N4O2. The lowest BCUT2D eigenvalue weighted by molar-refractivity contribution is -0.139. The zero-order valence-electron chi connectivity index (χ0n) is 11.9. The fourth-order valence-corrected chi connectivity index (χ4v) is 2.56. The average Bonchev–Trinajstić information content (AvgIpc) is 2.41. The Labute approximate surface area is 118 Å². The molecule has 0 bridgehead atoms. The van der Waals surface area contributed by atoms with Crippen LogP contribution in [-0.4, -0.2) is 33.9 Å². The third-order valence-electron chi connectivity index (χ3n) is 3.97. The number of carboxylic acids is 1. The van der Waals surface area contributed by atoms with E-state index in [0.29, 0.717) is 36.0 Å². The van der Waals surface area contributed by atoms with Gasteiger partial charge in [0.25, 0.3) is 0 Å². The first-order valence-corrected chi connectivity index (χ1v) is 6.69. The van der Waals surface area contributed by atoms with Crippen LogP contribution in [0.1, 0.15) is 36.6 Å². The first kappa shape index (κ1) is 14.3. The van der Waals surface area contributed by atoms with E-state index in [4.69, 9.17) is 0 Å². The molecule has 1 saturated heterocycles. The normalized spacial score (nSPS) is 22.4. The Morgan fingerprint density at radius 1 is 1.45 bits per heavy atom. The molecule has 2 heterocycles. The Hall–Kier alpha value is -2.16. The number of carboxylic acid groups (broad SMARTS) is 1. The summed E-state index contributed by atoms with van der Waals surface area (Å²) in [5, 5.41) is 26.9.